The highest BCUT2D eigenvalue weighted by Crippen LogP contribution is 2.15. The van der Waals surface area contributed by atoms with Crippen molar-refractivity contribution >= 4 is 23.7 Å². The van der Waals surface area contributed by atoms with E-state index >= 15 is 0 Å². The second-order valence-electron chi connectivity index (χ2n) is 3.88. The van der Waals surface area contributed by atoms with E-state index in [9.17, 15) is 14.4 Å². The van der Waals surface area contributed by atoms with Gasteiger partial charge < -0.3 is 25.7 Å². The second kappa shape index (κ2) is 7.89. The summed E-state index contributed by atoms with van der Waals surface area (Å²) in [6.45, 7) is 5.43. The Morgan fingerprint density at radius 1 is 1.25 bits per heavy atom. The van der Waals surface area contributed by atoms with Crippen molar-refractivity contribution in [3.63, 3.8) is 0 Å². The van der Waals surface area contributed by atoms with Crippen LogP contribution in [-0.4, -0.2) is 62.9 Å². The molecule has 5 N–H and O–H groups in total. The lowest BCUT2D eigenvalue weighted by Crippen LogP contribution is -2.42. The molecular formula is C11H16N2O7. The zero-order valence-corrected chi connectivity index (χ0v) is 10.6. The van der Waals surface area contributed by atoms with E-state index in [2.05, 4.69) is 16.9 Å². The Kier molecular flexibility index (Phi) is 6.94. The van der Waals surface area contributed by atoms with Gasteiger partial charge in [0.25, 0.3) is 0 Å². The lowest BCUT2D eigenvalue weighted by molar-refractivity contribution is -0.170. The molecular weight excluding hydrogens is 272 g/mol. The van der Waals surface area contributed by atoms with Crippen LogP contribution < -0.4 is 5.32 Å². The molecule has 1 heterocycles. The first-order chi connectivity index (χ1) is 9.21. The number of hydrogen-bond donors (Lipinski definition) is 5. The van der Waals surface area contributed by atoms with Gasteiger partial charge in [-0.1, -0.05) is 6.58 Å². The predicted molar refractivity (Wildman–Crippen MR) is 67.6 cm³/mol. The van der Waals surface area contributed by atoms with Crippen molar-refractivity contribution in [2.75, 3.05) is 13.1 Å². The largest absolute Gasteiger partial charge is 0.481 e. The number of nitrogens with one attached hydrogen (secondary N) is 1. The first-order valence-electron chi connectivity index (χ1n) is 5.51. The summed E-state index contributed by atoms with van der Waals surface area (Å²) in [5.74, 6) is -4.09. The molecule has 0 amide bonds. The molecule has 0 spiro atoms. The summed E-state index contributed by atoms with van der Waals surface area (Å²) in [7, 11) is 0. The molecule has 0 saturated heterocycles. The number of carboxylic acids is 3. The number of carbonyl (C=O) groups is 3. The summed E-state index contributed by atoms with van der Waals surface area (Å²) in [6.07, 6.45) is -0.559. The number of aliphatic hydroxyl groups is 1. The normalized spacial score (nSPS) is 13.3. The minimum atomic E-state index is -2.74. The molecule has 20 heavy (non-hydrogen) atoms. The van der Waals surface area contributed by atoms with Gasteiger partial charge in [0.15, 0.2) is 5.60 Å². The van der Waals surface area contributed by atoms with E-state index in [1.54, 1.807) is 6.08 Å². The highest BCUT2D eigenvalue weighted by Gasteiger charge is 2.40. The van der Waals surface area contributed by atoms with Gasteiger partial charge >= 0.3 is 17.9 Å². The minimum absolute atomic E-state index is 0.904. The van der Waals surface area contributed by atoms with E-state index in [0.717, 1.165) is 18.9 Å². The van der Waals surface area contributed by atoms with E-state index in [1.165, 1.54) is 0 Å². The minimum Gasteiger partial charge on any atom is -0.481 e. The number of hydrogen-bond acceptors (Lipinski definition) is 6. The highest BCUT2D eigenvalue weighted by atomic mass is 16.4. The Bertz CT molecular complexity index is 414. The van der Waals surface area contributed by atoms with Crippen LogP contribution >= 0.6 is 0 Å². The zero-order valence-electron chi connectivity index (χ0n) is 10.6. The lowest BCUT2D eigenvalue weighted by atomic mass is 9.96. The van der Waals surface area contributed by atoms with Gasteiger partial charge in [-0.2, -0.15) is 0 Å². The predicted octanol–water partition coefficient (Wildman–Crippen LogP) is -1.07. The Morgan fingerprint density at radius 2 is 1.75 bits per heavy atom. The maximum atomic E-state index is 10.3. The maximum absolute atomic E-state index is 10.3. The van der Waals surface area contributed by atoms with E-state index in [4.69, 9.17) is 20.4 Å². The van der Waals surface area contributed by atoms with Crippen LogP contribution in [0.3, 0.4) is 0 Å². The average Bonchev–Trinajstić information content (AvgIpc) is 2.79. The van der Waals surface area contributed by atoms with Crippen LogP contribution in [0.4, 0.5) is 0 Å². The van der Waals surface area contributed by atoms with E-state index in [-0.39, 0.29) is 0 Å². The first-order valence-corrected chi connectivity index (χ1v) is 5.51. The van der Waals surface area contributed by atoms with Crippen molar-refractivity contribution in [3.05, 3.63) is 12.7 Å². The summed E-state index contributed by atoms with van der Waals surface area (Å²) >= 11 is 0. The molecule has 0 aliphatic carbocycles. The van der Waals surface area contributed by atoms with Crippen LogP contribution in [0.5, 0.6) is 0 Å². The fourth-order valence-electron chi connectivity index (χ4n) is 1.27. The van der Waals surface area contributed by atoms with Crippen LogP contribution in [0, 0.1) is 0 Å². The number of aliphatic imine (C=N–C) groups is 1. The van der Waals surface area contributed by atoms with Crippen LogP contribution in [0.25, 0.3) is 0 Å². The van der Waals surface area contributed by atoms with Gasteiger partial charge in [-0.25, -0.2) is 4.79 Å². The average molecular weight is 288 g/mol. The molecule has 1 aliphatic heterocycles. The van der Waals surface area contributed by atoms with Gasteiger partial charge in [-0.15, -0.1) is 0 Å². The summed E-state index contributed by atoms with van der Waals surface area (Å²) in [5, 5.41) is 36.8. The molecule has 0 saturated carbocycles. The molecule has 0 atom stereocenters. The fraction of sp³-hybridized carbons (Fsp3) is 0.455. The Balaban J connectivity index is 0.000000428. The monoisotopic (exact) mass is 288 g/mol. The first kappa shape index (κ1) is 17.6. The van der Waals surface area contributed by atoms with Crippen molar-refractivity contribution in [1.29, 1.82) is 0 Å². The molecule has 0 fully saturated rings. The molecule has 9 nitrogen and oxygen atoms in total. The Morgan fingerprint density at radius 3 is 1.95 bits per heavy atom. The molecule has 0 unspecified atom stereocenters. The quantitative estimate of drug-likeness (QED) is 0.413. The third-order valence-corrected chi connectivity index (χ3v) is 2.18. The molecule has 0 bridgehead atoms. The molecule has 112 valence electrons. The molecule has 1 aliphatic rings. The lowest BCUT2D eigenvalue weighted by Gasteiger charge is -2.18. The van der Waals surface area contributed by atoms with Crippen molar-refractivity contribution in [2.45, 2.75) is 18.4 Å². The van der Waals surface area contributed by atoms with Crippen molar-refractivity contribution in [1.82, 2.24) is 5.32 Å². The smallest absolute Gasteiger partial charge is 0.336 e. The molecule has 1 rings (SSSR count). The van der Waals surface area contributed by atoms with Crippen molar-refractivity contribution in [3.8, 4) is 0 Å². The number of carboxylic acid groups (broad SMARTS) is 3. The van der Waals surface area contributed by atoms with E-state index in [0.29, 0.717) is 0 Å². The van der Waals surface area contributed by atoms with Gasteiger partial charge in [-0.3, -0.25) is 14.6 Å². The standard InChI is InChI=1S/C6H8O7.C5H8N2/c7-3(8)1-6(13,5(11)12)2-4(9)10;1-2-5-6-3-4-7-5/h13H,1-2H2,(H,7,8)(H,9,10)(H,11,12);2H,1,3-4H2,(H,6,7). The second-order valence-corrected chi connectivity index (χ2v) is 3.88. The topological polar surface area (TPSA) is 157 Å². The van der Waals surface area contributed by atoms with Crippen LogP contribution in [0.15, 0.2) is 17.6 Å². The van der Waals surface area contributed by atoms with Crippen LogP contribution in [-0.2, 0) is 14.4 Å². The Labute approximate surface area is 114 Å². The van der Waals surface area contributed by atoms with Gasteiger partial charge in [0, 0.05) is 6.54 Å². The molecule has 0 aromatic carbocycles. The fourth-order valence-corrected chi connectivity index (χ4v) is 1.27. The summed E-state index contributed by atoms with van der Waals surface area (Å²) in [5.41, 5.74) is -2.74. The summed E-state index contributed by atoms with van der Waals surface area (Å²) in [4.78, 5) is 34.5. The van der Waals surface area contributed by atoms with Gasteiger partial charge in [0.2, 0.25) is 0 Å². The third-order valence-electron chi connectivity index (χ3n) is 2.18. The molecule has 0 aromatic heterocycles. The van der Waals surface area contributed by atoms with Gasteiger partial charge in [0.1, 0.15) is 5.84 Å². The maximum Gasteiger partial charge on any atom is 0.336 e. The Hall–Kier alpha value is -2.42. The summed E-state index contributed by atoms with van der Waals surface area (Å²) in [6, 6.07) is 0. The number of rotatable bonds is 6. The number of nitrogens with zero attached hydrogens (tertiary/aromatic N) is 1. The van der Waals surface area contributed by atoms with Crippen molar-refractivity contribution < 1.29 is 34.8 Å². The molecule has 0 radical (unpaired) electrons. The van der Waals surface area contributed by atoms with E-state index in [1.807, 2.05) is 0 Å². The highest BCUT2D eigenvalue weighted by molar-refractivity contribution is 5.93. The van der Waals surface area contributed by atoms with Gasteiger partial charge in [0.05, 0.1) is 19.4 Å². The number of aliphatic carboxylic acids is 3. The van der Waals surface area contributed by atoms with Crippen LogP contribution in [0.1, 0.15) is 12.8 Å². The zero-order chi connectivity index (χ0) is 15.8. The number of amidine groups is 1. The van der Waals surface area contributed by atoms with Gasteiger partial charge in [-0.05, 0) is 6.08 Å². The molecule has 9 heteroatoms. The van der Waals surface area contributed by atoms with Crippen LogP contribution in [0.2, 0.25) is 0 Å². The summed E-state index contributed by atoms with van der Waals surface area (Å²) < 4.78 is 0. The molecule has 0 aromatic rings. The van der Waals surface area contributed by atoms with E-state index < -0.39 is 36.4 Å². The SMILES string of the molecule is C=CC1=NCCN1.O=C(O)CC(O)(CC(=O)O)C(=O)O. The third kappa shape index (κ3) is 6.50. The van der Waals surface area contributed by atoms with Crippen molar-refractivity contribution in [2.24, 2.45) is 4.99 Å².